The van der Waals surface area contributed by atoms with Crippen LogP contribution in [-0.4, -0.2) is 55.1 Å². The number of aryl methyl sites for hydroxylation is 1. The summed E-state index contributed by atoms with van der Waals surface area (Å²) in [5.74, 6) is 0.163. The Morgan fingerprint density at radius 2 is 1.92 bits per heavy atom. The minimum atomic E-state index is -0.327. The van der Waals surface area contributed by atoms with Gasteiger partial charge in [0.05, 0.1) is 12.7 Å². The number of likely N-dealkylation sites (tertiary alicyclic amines) is 1. The molecule has 2 amide bonds. The van der Waals surface area contributed by atoms with Crippen LogP contribution < -0.4 is 10.6 Å². The number of anilines is 1. The van der Waals surface area contributed by atoms with Crippen molar-refractivity contribution in [1.29, 1.82) is 0 Å². The van der Waals surface area contributed by atoms with Gasteiger partial charge in [0.1, 0.15) is 6.04 Å². The number of carbonyl (C=O) groups excluding carboxylic acids is 2. The lowest BCUT2D eigenvalue weighted by molar-refractivity contribution is -0.130. The number of hydrogen-bond acceptors (Lipinski definition) is 4. The largest absolute Gasteiger partial charge is 0.375 e. The molecule has 0 radical (unpaired) electrons. The van der Waals surface area contributed by atoms with E-state index in [1.54, 1.807) is 0 Å². The van der Waals surface area contributed by atoms with Crippen molar-refractivity contribution >= 4 is 29.9 Å². The zero-order chi connectivity index (χ0) is 17.6. The van der Waals surface area contributed by atoms with Gasteiger partial charge in [-0.3, -0.25) is 9.59 Å². The molecule has 0 aliphatic carbocycles. The number of ether oxygens (including phenoxy) is 1. The van der Waals surface area contributed by atoms with Crippen LogP contribution in [0.5, 0.6) is 0 Å². The molecular formula is C19H28ClN3O3. The van der Waals surface area contributed by atoms with Gasteiger partial charge in [-0.1, -0.05) is 12.1 Å². The van der Waals surface area contributed by atoms with E-state index in [0.29, 0.717) is 19.6 Å². The summed E-state index contributed by atoms with van der Waals surface area (Å²) in [6.45, 7) is 5.03. The lowest BCUT2D eigenvalue weighted by atomic mass is 10.1. The molecule has 26 heavy (non-hydrogen) atoms. The summed E-state index contributed by atoms with van der Waals surface area (Å²) in [6, 6.07) is 7.40. The van der Waals surface area contributed by atoms with E-state index in [2.05, 4.69) is 10.6 Å². The van der Waals surface area contributed by atoms with Crippen LogP contribution in [0.2, 0.25) is 0 Å². The molecule has 6 nitrogen and oxygen atoms in total. The van der Waals surface area contributed by atoms with Crippen LogP contribution >= 0.6 is 12.4 Å². The lowest BCUT2D eigenvalue weighted by Crippen LogP contribution is -2.53. The van der Waals surface area contributed by atoms with Crippen LogP contribution in [0.25, 0.3) is 0 Å². The smallest absolute Gasteiger partial charge is 0.244 e. The average Bonchev–Trinajstić information content (AvgIpc) is 3.16. The Kier molecular flexibility index (Phi) is 7.87. The average molecular weight is 382 g/mol. The van der Waals surface area contributed by atoms with Crippen molar-refractivity contribution in [2.75, 3.05) is 31.6 Å². The molecule has 0 spiro atoms. The number of morpholine rings is 1. The van der Waals surface area contributed by atoms with E-state index in [4.69, 9.17) is 4.74 Å². The minimum Gasteiger partial charge on any atom is -0.375 e. The van der Waals surface area contributed by atoms with Crippen molar-refractivity contribution in [2.45, 2.75) is 44.8 Å². The molecular weight excluding hydrogens is 354 g/mol. The second-order valence-corrected chi connectivity index (χ2v) is 6.78. The highest BCUT2D eigenvalue weighted by Crippen LogP contribution is 2.15. The highest BCUT2D eigenvalue weighted by Gasteiger charge is 2.28. The molecule has 3 rings (SSSR count). The summed E-state index contributed by atoms with van der Waals surface area (Å²) < 4.78 is 5.51. The zero-order valence-corrected chi connectivity index (χ0v) is 16.0. The molecule has 2 N–H and O–H groups in total. The van der Waals surface area contributed by atoms with Crippen LogP contribution in [0, 0.1) is 0 Å². The fraction of sp³-hybridized carbons (Fsp3) is 0.579. The second kappa shape index (κ2) is 9.90. The van der Waals surface area contributed by atoms with Crippen molar-refractivity contribution in [3.8, 4) is 0 Å². The van der Waals surface area contributed by atoms with Crippen LogP contribution in [0.1, 0.15) is 31.7 Å². The molecule has 0 aromatic heterocycles. The molecule has 2 aliphatic rings. The Bertz CT molecular complexity index is 603. The molecule has 2 heterocycles. The summed E-state index contributed by atoms with van der Waals surface area (Å²) in [6.07, 6.45) is 3.40. The molecule has 1 aromatic rings. The van der Waals surface area contributed by atoms with Gasteiger partial charge in [0.2, 0.25) is 11.8 Å². The maximum absolute atomic E-state index is 12.3. The van der Waals surface area contributed by atoms with E-state index >= 15 is 0 Å². The van der Waals surface area contributed by atoms with Gasteiger partial charge in [0, 0.05) is 31.7 Å². The SMILES string of the molecule is C[C@H]1OCCN[C@@H]1C(=O)Nc1ccc(CCC(=O)N2CCCC2)cc1.Cl. The van der Waals surface area contributed by atoms with Crippen LogP contribution in [-0.2, 0) is 20.7 Å². The molecule has 1 aromatic carbocycles. The van der Waals surface area contributed by atoms with Crippen molar-refractivity contribution in [3.05, 3.63) is 29.8 Å². The van der Waals surface area contributed by atoms with E-state index in [-0.39, 0.29) is 36.4 Å². The highest BCUT2D eigenvalue weighted by molar-refractivity contribution is 5.95. The van der Waals surface area contributed by atoms with Gasteiger partial charge < -0.3 is 20.3 Å². The number of hydrogen-bond donors (Lipinski definition) is 2. The van der Waals surface area contributed by atoms with Crippen LogP contribution in [0.4, 0.5) is 5.69 Å². The number of amides is 2. The summed E-state index contributed by atoms with van der Waals surface area (Å²) in [7, 11) is 0. The standard InChI is InChI=1S/C19H27N3O3.ClH/c1-14-18(20-10-13-25-14)19(24)21-16-7-4-15(5-8-16)6-9-17(23)22-11-2-3-12-22;/h4-5,7-8,14,18,20H,2-3,6,9-13H2,1H3,(H,21,24);1H/t14-,18+;/m1./s1. The first-order valence-electron chi connectivity index (χ1n) is 9.16. The van der Waals surface area contributed by atoms with Crippen molar-refractivity contribution in [2.24, 2.45) is 0 Å². The number of halogens is 1. The monoisotopic (exact) mass is 381 g/mol. The summed E-state index contributed by atoms with van der Waals surface area (Å²) in [5, 5.41) is 6.10. The van der Waals surface area contributed by atoms with Gasteiger partial charge in [-0.25, -0.2) is 0 Å². The summed E-state index contributed by atoms with van der Waals surface area (Å²) >= 11 is 0. The highest BCUT2D eigenvalue weighted by atomic mass is 35.5. The van der Waals surface area contributed by atoms with Crippen molar-refractivity contribution < 1.29 is 14.3 Å². The van der Waals surface area contributed by atoms with Crippen molar-refractivity contribution in [3.63, 3.8) is 0 Å². The third-order valence-electron chi connectivity index (χ3n) is 4.91. The van der Waals surface area contributed by atoms with Gasteiger partial charge in [-0.2, -0.15) is 0 Å². The predicted molar refractivity (Wildman–Crippen MR) is 104 cm³/mol. The van der Waals surface area contributed by atoms with Crippen molar-refractivity contribution in [1.82, 2.24) is 10.2 Å². The fourth-order valence-electron chi connectivity index (χ4n) is 3.38. The molecule has 2 aliphatic heterocycles. The fourth-order valence-corrected chi connectivity index (χ4v) is 3.38. The van der Waals surface area contributed by atoms with E-state index in [9.17, 15) is 9.59 Å². The molecule has 144 valence electrons. The molecule has 0 bridgehead atoms. The number of carbonyl (C=O) groups is 2. The first-order chi connectivity index (χ1) is 12.1. The van der Waals surface area contributed by atoms with E-state index in [1.165, 1.54) is 0 Å². The molecule has 0 unspecified atom stereocenters. The minimum absolute atomic E-state index is 0. The van der Waals surface area contributed by atoms with Crippen LogP contribution in [0.3, 0.4) is 0 Å². The van der Waals surface area contributed by atoms with Gasteiger partial charge in [-0.05, 0) is 43.9 Å². The lowest BCUT2D eigenvalue weighted by Gasteiger charge is -2.29. The Labute approximate surface area is 161 Å². The normalized spacial score (nSPS) is 22.6. The Morgan fingerprint density at radius 3 is 2.58 bits per heavy atom. The third kappa shape index (κ3) is 5.43. The molecule has 2 fully saturated rings. The second-order valence-electron chi connectivity index (χ2n) is 6.78. The van der Waals surface area contributed by atoms with Gasteiger partial charge >= 0.3 is 0 Å². The predicted octanol–water partition coefficient (Wildman–Crippen LogP) is 1.98. The quantitative estimate of drug-likeness (QED) is 0.818. The first-order valence-corrected chi connectivity index (χ1v) is 9.16. The topological polar surface area (TPSA) is 70.7 Å². The van der Waals surface area contributed by atoms with Gasteiger partial charge in [-0.15, -0.1) is 12.4 Å². The van der Waals surface area contributed by atoms with E-state index in [1.807, 2.05) is 36.1 Å². The molecule has 2 saturated heterocycles. The van der Waals surface area contributed by atoms with Gasteiger partial charge in [0.15, 0.2) is 0 Å². The van der Waals surface area contributed by atoms with Gasteiger partial charge in [0.25, 0.3) is 0 Å². The number of benzene rings is 1. The summed E-state index contributed by atoms with van der Waals surface area (Å²) in [5.41, 5.74) is 1.87. The first kappa shape index (κ1) is 20.7. The Balaban J connectivity index is 0.00000243. The van der Waals surface area contributed by atoms with Crippen LogP contribution in [0.15, 0.2) is 24.3 Å². The van der Waals surface area contributed by atoms with E-state index < -0.39 is 0 Å². The number of nitrogens with zero attached hydrogens (tertiary/aromatic N) is 1. The third-order valence-corrected chi connectivity index (χ3v) is 4.91. The Morgan fingerprint density at radius 1 is 1.23 bits per heavy atom. The molecule has 7 heteroatoms. The zero-order valence-electron chi connectivity index (χ0n) is 15.2. The molecule has 2 atom stereocenters. The summed E-state index contributed by atoms with van der Waals surface area (Å²) in [4.78, 5) is 26.4. The maximum atomic E-state index is 12.3. The number of nitrogens with one attached hydrogen (secondary N) is 2. The van der Waals surface area contributed by atoms with E-state index in [0.717, 1.165) is 43.6 Å². The maximum Gasteiger partial charge on any atom is 0.244 e. The molecule has 0 saturated carbocycles. The number of rotatable bonds is 5. The Hall–Kier alpha value is -1.63.